The average Bonchev–Trinajstić information content (AvgIpc) is 3.44. The molecule has 1 saturated carbocycles. The van der Waals surface area contributed by atoms with Crippen LogP contribution in [-0.2, 0) is 17.7 Å². The second-order valence-corrected chi connectivity index (χ2v) is 8.64. The van der Waals surface area contributed by atoms with Crippen LogP contribution in [0.2, 0.25) is 0 Å². The summed E-state index contributed by atoms with van der Waals surface area (Å²) in [6, 6.07) is 4.14. The van der Waals surface area contributed by atoms with Crippen LogP contribution >= 0.6 is 0 Å². The highest BCUT2D eigenvalue weighted by Gasteiger charge is 2.25. The van der Waals surface area contributed by atoms with Crippen molar-refractivity contribution in [3.05, 3.63) is 23.4 Å². The fraction of sp³-hybridized carbons (Fsp3) is 0.609. The highest BCUT2D eigenvalue weighted by Crippen LogP contribution is 2.40. The molecule has 1 atom stereocenters. The number of rotatable bonds is 7. The molecular weight excluding hydrogens is 366 g/mol. The maximum Gasteiger partial charge on any atom is 0.163 e. The highest BCUT2D eigenvalue weighted by molar-refractivity contribution is 5.96. The van der Waals surface area contributed by atoms with E-state index >= 15 is 0 Å². The van der Waals surface area contributed by atoms with E-state index in [0.717, 1.165) is 67.1 Å². The third kappa shape index (κ3) is 4.01. The van der Waals surface area contributed by atoms with E-state index in [4.69, 9.17) is 19.3 Å². The van der Waals surface area contributed by atoms with Crippen LogP contribution in [0.15, 0.2) is 12.1 Å². The molecule has 5 rings (SSSR count). The number of hydrogen-bond acceptors (Lipinski definition) is 6. The summed E-state index contributed by atoms with van der Waals surface area (Å²) >= 11 is 0. The summed E-state index contributed by atoms with van der Waals surface area (Å²) in [4.78, 5) is 10.8. The molecule has 1 unspecified atom stereocenters. The lowest BCUT2D eigenvalue weighted by Crippen LogP contribution is -2.36. The van der Waals surface area contributed by atoms with Crippen molar-refractivity contribution in [2.45, 2.75) is 51.0 Å². The summed E-state index contributed by atoms with van der Waals surface area (Å²) < 4.78 is 11.8. The molecule has 29 heavy (non-hydrogen) atoms. The SMILES string of the molecule is COc1cc2c(NCC3CC3)c3c(nc2cc1OCC1CCCN(C)O1)CCC3. The quantitative estimate of drug-likeness (QED) is 0.763. The minimum Gasteiger partial charge on any atom is -0.493 e. The predicted molar refractivity (Wildman–Crippen MR) is 114 cm³/mol. The van der Waals surface area contributed by atoms with Crippen molar-refractivity contribution in [1.82, 2.24) is 10.0 Å². The van der Waals surface area contributed by atoms with Gasteiger partial charge in [0.2, 0.25) is 0 Å². The monoisotopic (exact) mass is 397 g/mol. The maximum atomic E-state index is 6.15. The zero-order valence-electron chi connectivity index (χ0n) is 17.5. The van der Waals surface area contributed by atoms with Crippen molar-refractivity contribution in [3.8, 4) is 11.5 Å². The van der Waals surface area contributed by atoms with Crippen molar-refractivity contribution in [1.29, 1.82) is 0 Å². The molecule has 2 aromatic rings. The number of pyridine rings is 1. The van der Waals surface area contributed by atoms with E-state index < -0.39 is 0 Å². The van der Waals surface area contributed by atoms with Crippen LogP contribution in [0, 0.1) is 5.92 Å². The van der Waals surface area contributed by atoms with E-state index in [1.165, 1.54) is 36.2 Å². The Morgan fingerprint density at radius 1 is 1.17 bits per heavy atom. The Morgan fingerprint density at radius 2 is 2.07 bits per heavy atom. The van der Waals surface area contributed by atoms with Crippen LogP contribution in [0.5, 0.6) is 11.5 Å². The van der Waals surface area contributed by atoms with Crippen LogP contribution < -0.4 is 14.8 Å². The fourth-order valence-corrected chi connectivity index (χ4v) is 4.51. The Morgan fingerprint density at radius 3 is 2.86 bits per heavy atom. The first-order valence-electron chi connectivity index (χ1n) is 11.0. The van der Waals surface area contributed by atoms with E-state index in [1.54, 1.807) is 7.11 Å². The molecule has 0 amide bonds. The van der Waals surface area contributed by atoms with Gasteiger partial charge in [0, 0.05) is 43.0 Å². The van der Waals surface area contributed by atoms with Gasteiger partial charge in [0.15, 0.2) is 11.5 Å². The number of anilines is 1. The smallest absolute Gasteiger partial charge is 0.163 e. The molecule has 6 heteroatoms. The van der Waals surface area contributed by atoms with Gasteiger partial charge in [-0.25, -0.2) is 0 Å². The van der Waals surface area contributed by atoms with Crippen molar-refractivity contribution < 1.29 is 14.3 Å². The van der Waals surface area contributed by atoms with Gasteiger partial charge in [-0.2, -0.15) is 5.06 Å². The van der Waals surface area contributed by atoms with Gasteiger partial charge in [-0.05, 0) is 62.5 Å². The summed E-state index contributed by atoms with van der Waals surface area (Å²) in [6.07, 6.45) is 8.27. The number of fused-ring (bicyclic) bond motifs is 2. The molecule has 1 aromatic carbocycles. The second kappa shape index (κ2) is 8.00. The zero-order chi connectivity index (χ0) is 19.8. The Balaban J connectivity index is 1.45. The first kappa shape index (κ1) is 18.9. The molecule has 0 spiro atoms. The summed E-state index contributed by atoms with van der Waals surface area (Å²) in [6.45, 7) is 2.55. The molecule has 1 aromatic heterocycles. The molecular formula is C23H31N3O3. The van der Waals surface area contributed by atoms with Crippen molar-refractivity contribution in [2.24, 2.45) is 5.92 Å². The number of methoxy groups -OCH3 is 1. The van der Waals surface area contributed by atoms with Gasteiger partial charge in [-0.3, -0.25) is 9.82 Å². The minimum absolute atomic E-state index is 0.0814. The molecule has 2 heterocycles. The third-order valence-corrected chi connectivity index (χ3v) is 6.31. The lowest BCUT2D eigenvalue weighted by molar-refractivity contribution is -0.212. The van der Waals surface area contributed by atoms with Gasteiger partial charge in [-0.15, -0.1) is 0 Å². The summed E-state index contributed by atoms with van der Waals surface area (Å²) in [5.41, 5.74) is 4.88. The molecule has 0 bridgehead atoms. The van der Waals surface area contributed by atoms with Gasteiger partial charge < -0.3 is 14.8 Å². The molecule has 1 N–H and O–H groups in total. The van der Waals surface area contributed by atoms with Gasteiger partial charge in [-0.1, -0.05) is 0 Å². The van der Waals surface area contributed by atoms with Crippen LogP contribution in [0.3, 0.4) is 0 Å². The summed E-state index contributed by atoms with van der Waals surface area (Å²) in [5, 5.41) is 6.79. The Labute approximate surface area is 172 Å². The van der Waals surface area contributed by atoms with E-state index in [9.17, 15) is 0 Å². The number of ether oxygens (including phenoxy) is 2. The largest absolute Gasteiger partial charge is 0.493 e. The van der Waals surface area contributed by atoms with Crippen LogP contribution in [0.25, 0.3) is 10.9 Å². The maximum absolute atomic E-state index is 6.15. The second-order valence-electron chi connectivity index (χ2n) is 8.64. The number of nitrogens with one attached hydrogen (secondary N) is 1. The van der Waals surface area contributed by atoms with Crippen molar-refractivity contribution in [2.75, 3.05) is 39.2 Å². The molecule has 2 aliphatic carbocycles. The highest BCUT2D eigenvalue weighted by atomic mass is 16.7. The summed E-state index contributed by atoms with van der Waals surface area (Å²) in [7, 11) is 3.68. The first-order valence-corrected chi connectivity index (χ1v) is 11.0. The zero-order valence-corrected chi connectivity index (χ0v) is 17.5. The number of aromatic nitrogens is 1. The lowest BCUT2D eigenvalue weighted by atomic mass is 10.1. The van der Waals surface area contributed by atoms with E-state index in [1.807, 2.05) is 18.2 Å². The summed E-state index contributed by atoms with van der Waals surface area (Å²) in [5.74, 6) is 2.33. The molecule has 2 fully saturated rings. The minimum atomic E-state index is 0.0814. The molecule has 1 saturated heterocycles. The first-order chi connectivity index (χ1) is 14.2. The molecule has 6 nitrogen and oxygen atoms in total. The third-order valence-electron chi connectivity index (χ3n) is 6.31. The van der Waals surface area contributed by atoms with E-state index in [2.05, 4.69) is 11.4 Å². The normalized spacial score (nSPS) is 21.9. The van der Waals surface area contributed by atoms with Crippen molar-refractivity contribution in [3.63, 3.8) is 0 Å². The topological polar surface area (TPSA) is 55.8 Å². The lowest BCUT2D eigenvalue weighted by Gasteiger charge is -2.29. The molecule has 3 aliphatic rings. The average molecular weight is 398 g/mol. The van der Waals surface area contributed by atoms with Crippen molar-refractivity contribution >= 4 is 16.6 Å². The number of nitrogens with zero attached hydrogens (tertiary/aromatic N) is 2. The Kier molecular flexibility index (Phi) is 5.22. The molecule has 156 valence electrons. The Hall–Kier alpha value is -2.05. The van der Waals surface area contributed by atoms with Gasteiger partial charge >= 0.3 is 0 Å². The molecule has 0 radical (unpaired) electrons. The van der Waals surface area contributed by atoms with Crippen LogP contribution in [0.1, 0.15) is 43.4 Å². The molecule has 1 aliphatic heterocycles. The predicted octanol–water partition coefficient (Wildman–Crippen LogP) is 3.96. The van der Waals surface area contributed by atoms with E-state index in [-0.39, 0.29) is 6.10 Å². The van der Waals surface area contributed by atoms with Gasteiger partial charge in [0.25, 0.3) is 0 Å². The van der Waals surface area contributed by atoms with Crippen LogP contribution in [-0.4, -0.2) is 50.0 Å². The van der Waals surface area contributed by atoms with Crippen LogP contribution in [0.4, 0.5) is 5.69 Å². The standard InChI is InChI=1S/C23H31N3O3/c1-26-10-4-5-16(29-26)14-28-22-12-20-18(11-21(22)27-2)23(24-13-15-8-9-15)17-6-3-7-19(17)25-20/h11-12,15-16H,3-10,13-14H2,1-2H3,(H,24,25). The number of hydroxylamine groups is 2. The number of hydrogen-bond donors (Lipinski definition) is 1. The number of benzene rings is 1. The van der Waals surface area contributed by atoms with Gasteiger partial charge in [0.1, 0.15) is 12.7 Å². The Bertz CT molecular complexity index is 897. The fourth-order valence-electron chi connectivity index (χ4n) is 4.51. The van der Waals surface area contributed by atoms with Gasteiger partial charge in [0.05, 0.1) is 12.6 Å². The number of aryl methyl sites for hydroxylation is 1. The van der Waals surface area contributed by atoms with E-state index in [0.29, 0.717) is 6.61 Å².